The normalized spacial score (nSPS) is 20.0. The molecule has 10 nitrogen and oxygen atoms in total. The van der Waals surface area contributed by atoms with Crippen LogP contribution in [0.15, 0.2) is 0 Å². The number of alkyl halides is 4. The van der Waals surface area contributed by atoms with E-state index in [-0.39, 0.29) is 0 Å². The molecule has 0 aromatic carbocycles. The van der Waals surface area contributed by atoms with Crippen molar-refractivity contribution in [3.63, 3.8) is 0 Å². The second kappa shape index (κ2) is 10.4. The zero-order chi connectivity index (χ0) is 22.5. The Hall–Kier alpha value is -0.690. The highest BCUT2D eigenvalue weighted by Gasteiger charge is 2.74. The molecule has 0 bridgehead atoms. The third-order valence-electron chi connectivity index (χ3n) is 4.08. The van der Waals surface area contributed by atoms with Crippen LogP contribution in [0.3, 0.4) is 0 Å². The monoisotopic (exact) mass is 484 g/mol. The van der Waals surface area contributed by atoms with Crippen molar-refractivity contribution < 1.29 is 49.5 Å². The van der Waals surface area contributed by atoms with Crippen LogP contribution in [0.1, 0.15) is 0 Å². The first kappa shape index (κ1) is 27.3. The van der Waals surface area contributed by atoms with E-state index in [9.17, 15) is 49.5 Å². The van der Waals surface area contributed by atoms with Crippen LogP contribution in [-0.2, 0) is 24.0 Å². The Kier molecular flexibility index (Phi) is 10.1. The van der Waals surface area contributed by atoms with Crippen molar-refractivity contribution in [1.29, 1.82) is 0 Å². The number of carbonyl (C=O) groups excluding carboxylic acids is 5. The number of ketones is 4. The SMILES string of the molecule is O=C[C@@](O)(C(=O)CCl)[C@](O)(C(=O)CCl)[C@@](O)(C(=O)CCl)[C@H](O)C(O)C(=O)CCl. The fraction of sp³-hybridized carbons (Fsp3) is 0.643. The summed E-state index contributed by atoms with van der Waals surface area (Å²) in [5.41, 5.74) is -12.2. The average molecular weight is 486 g/mol. The van der Waals surface area contributed by atoms with E-state index >= 15 is 0 Å². The molecular formula is C14H16Cl4O10. The summed E-state index contributed by atoms with van der Waals surface area (Å²) in [4.78, 5) is 59.7. The molecule has 28 heavy (non-hydrogen) atoms. The number of carbonyl (C=O) groups is 5. The molecule has 0 aliphatic heterocycles. The lowest BCUT2D eigenvalue weighted by Crippen LogP contribution is -2.82. The van der Waals surface area contributed by atoms with Gasteiger partial charge in [0.2, 0.25) is 11.2 Å². The molecule has 0 aromatic heterocycles. The molecule has 1 unspecified atom stereocenters. The van der Waals surface area contributed by atoms with Crippen LogP contribution < -0.4 is 0 Å². The Bertz CT molecular complexity index is 658. The zero-order valence-electron chi connectivity index (χ0n) is 13.8. The summed E-state index contributed by atoms with van der Waals surface area (Å²) in [6.07, 6.45) is -6.53. The fourth-order valence-corrected chi connectivity index (χ4v) is 3.19. The molecule has 0 fully saturated rings. The van der Waals surface area contributed by atoms with Crippen molar-refractivity contribution >= 4 is 75.8 Å². The van der Waals surface area contributed by atoms with Crippen LogP contribution in [-0.4, -0.2) is 107 Å². The lowest BCUT2D eigenvalue weighted by atomic mass is 9.62. The van der Waals surface area contributed by atoms with Gasteiger partial charge in [0.15, 0.2) is 35.0 Å². The highest BCUT2D eigenvalue weighted by atomic mass is 35.5. The summed E-state index contributed by atoms with van der Waals surface area (Å²) in [6.45, 7) is 0. The smallest absolute Gasteiger partial charge is 0.219 e. The number of aldehydes is 1. The van der Waals surface area contributed by atoms with Gasteiger partial charge in [0.05, 0.1) is 23.5 Å². The molecule has 0 saturated heterocycles. The molecular weight excluding hydrogens is 470 g/mol. The van der Waals surface area contributed by atoms with Crippen molar-refractivity contribution in [2.45, 2.75) is 29.0 Å². The van der Waals surface area contributed by atoms with Gasteiger partial charge in [0, 0.05) is 0 Å². The van der Waals surface area contributed by atoms with Crippen LogP contribution in [0.4, 0.5) is 0 Å². The quantitative estimate of drug-likeness (QED) is 0.104. The van der Waals surface area contributed by atoms with Crippen molar-refractivity contribution in [2.24, 2.45) is 0 Å². The van der Waals surface area contributed by atoms with Crippen molar-refractivity contribution in [1.82, 2.24) is 0 Å². The molecule has 0 amide bonds. The third-order valence-corrected chi connectivity index (χ3v) is 5.07. The first-order valence-electron chi connectivity index (χ1n) is 7.17. The Labute approximate surface area is 177 Å². The molecule has 0 heterocycles. The molecule has 0 spiro atoms. The van der Waals surface area contributed by atoms with E-state index < -0.39 is 82.0 Å². The Morgan fingerprint density at radius 3 is 1.54 bits per heavy atom. The van der Waals surface area contributed by atoms with Gasteiger partial charge in [-0.1, -0.05) is 0 Å². The minimum atomic E-state index is -4.20. The minimum Gasteiger partial charge on any atom is -0.386 e. The molecule has 14 heteroatoms. The molecule has 5 atom stereocenters. The fourth-order valence-electron chi connectivity index (χ4n) is 2.43. The lowest BCUT2D eigenvalue weighted by Gasteiger charge is -2.49. The van der Waals surface area contributed by atoms with Gasteiger partial charge in [-0.3, -0.25) is 24.0 Å². The van der Waals surface area contributed by atoms with E-state index in [1.54, 1.807) is 0 Å². The van der Waals surface area contributed by atoms with E-state index in [4.69, 9.17) is 46.4 Å². The standard InChI is InChI=1S/C14H16Cl4O10/c15-1-6(20)10(24)11(25)13(27,8(22)3-17)14(28,9(23)4-18)12(26,5-19)7(21)2-16/h5,10-11,24-28H,1-4H2/t10?,11-,12-,13-,14-/m1/s1. The number of halogens is 4. The largest absolute Gasteiger partial charge is 0.386 e. The molecule has 0 aliphatic rings. The minimum absolute atomic E-state index is 0.725. The highest BCUT2D eigenvalue weighted by Crippen LogP contribution is 2.39. The van der Waals surface area contributed by atoms with E-state index in [0.717, 1.165) is 0 Å². The second-order valence-corrected chi connectivity index (χ2v) is 6.59. The molecule has 0 aliphatic carbocycles. The highest BCUT2D eigenvalue weighted by molar-refractivity contribution is 6.35. The van der Waals surface area contributed by atoms with Crippen LogP contribution in [0.25, 0.3) is 0 Å². The first-order valence-corrected chi connectivity index (χ1v) is 9.31. The van der Waals surface area contributed by atoms with Gasteiger partial charge in [0.25, 0.3) is 0 Å². The lowest BCUT2D eigenvalue weighted by molar-refractivity contribution is -0.248. The predicted molar refractivity (Wildman–Crippen MR) is 95.8 cm³/mol. The second-order valence-electron chi connectivity index (χ2n) is 5.52. The Morgan fingerprint density at radius 1 is 0.786 bits per heavy atom. The Balaban J connectivity index is 7.17. The van der Waals surface area contributed by atoms with E-state index in [1.807, 2.05) is 0 Å². The van der Waals surface area contributed by atoms with Crippen LogP contribution in [0.5, 0.6) is 0 Å². The van der Waals surface area contributed by atoms with Gasteiger partial charge < -0.3 is 25.5 Å². The van der Waals surface area contributed by atoms with E-state index in [2.05, 4.69) is 0 Å². The number of aliphatic hydroxyl groups excluding tert-OH is 2. The summed E-state index contributed by atoms with van der Waals surface area (Å²) >= 11 is 21.1. The number of Topliss-reactive ketones (excluding diaryl/α,β-unsaturated/α-hetero) is 4. The van der Waals surface area contributed by atoms with Crippen LogP contribution in [0.2, 0.25) is 0 Å². The van der Waals surface area contributed by atoms with Gasteiger partial charge in [-0.2, -0.15) is 0 Å². The zero-order valence-corrected chi connectivity index (χ0v) is 16.9. The summed E-state index contributed by atoms with van der Waals surface area (Å²) in [7, 11) is 0. The predicted octanol–water partition coefficient (Wildman–Crippen LogP) is -2.67. The Morgan fingerprint density at radius 2 is 1.21 bits per heavy atom. The first-order chi connectivity index (χ1) is 12.8. The molecule has 0 aromatic rings. The molecule has 5 N–H and O–H groups in total. The molecule has 0 rings (SSSR count). The van der Waals surface area contributed by atoms with Crippen molar-refractivity contribution in [2.75, 3.05) is 23.5 Å². The summed E-state index contributed by atoms with van der Waals surface area (Å²) in [6, 6.07) is 0. The average Bonchev–Trinajstić information content (AvgIpc) is 2.73. The molecule has 160 valence electrons. The van der Waals surface area contributed by atoms with E-state index in [0.29, 0.717) is 0 Å². The molecule has 0 radical (unpaired) electrons. The number of hydrogen-bond donors (Lipinski definition) is 5. The van der Waals surface area contributed by atoms with Gasteiger partial charge in [-0.05, 0) is 0 Å². The summed E-state index contributed by atoms with van der Waals surface area (Å²) in [5.74, 6) is -11.7. The van der Waals surface area contributed by atoms with Crippen LogP contribution in [0, 0.1) is 0 Å². The van der Waals surface area contributed by atoms with E-state index in [1.165, 1.54) is 0 Å². The molecule has 0 saturated carbocycles. The third kappa shape index (κ3) is 4.11. The number of hydrogen-bond acceptors (Lipinski definition) is 10. The maximum atomic E-state index is 12.3. The van der Waals surface area contributed by atoms with Crippen LogP contribution >= 0.6 is 46.4 Å². The van der Waals surface area contributed by atoms with Gasteiger partial charge >= 0.3 is 0 Å². The van der Waals surface area contributed by atoms with Gasteiger partial charge in [-0.25, -0.2) is 0 Å². The maximum absolute atomic E-state index is 12.3. The summed E-state index contributed by atoms with van der Waals surface area (Å²) in [5, 5.41) is 52.2. The van der Waals surface area contributed by atoms with Crippen molar-refractivity contribution in [3.8, 4) is 0 Å². The maximum Gasteiger partial charge on any atom is 0.219 e. The summed E-state index contributed by atoms with van der Waals surface area (Å²) < 4.78 is 0. The number of aliphatic hydroxyl groups is 5. The number of rotatable bonds is 13. The van der Waals surface area contributed by atoms with Gasteiger partial charge in [0.1, 0.15) is 12.2 Å². The van der Waals surface area contributed by atoms with Gasteiger partial charge in [-0.15, -0.1) is 46.4 Å². The topological polar surface area (TPSA) is 186 Å². The van der Waals surface area contributed by atoms with Crippen molar-refractivity contribution in [3.05, 3.63) is 0 Å².